The second-order valence-electron chi connectivity index (χ2n) is 17.1. The van der Waals surface area contributed by atoms with Crippen LogP contribution in [0.4, 0.5) is 0 Å². The smallest absolute Gasteiger partial charge is 0.324 e. The lowest BCUT2D eigenvalue weighted by Crippen LogP contribution is -2.40. The van der Waals surface area contributed by atoms with Crippen molar-refractivity contribution in [1.29, 1.82) is 0 Å². The summed E-state index contributed by atoms with van der Waals surface area (Å²) in [6, 6.07) is 7.96. The van der Waals surface area contributed by atoms with Gasteiger partial charge < -0.3 is 19.7 Å². The van der Waals surface area contributed by atoms with Gasteiger partial charge in [0.1, 0.15) is 29.2 Å². The lowest BCUT2D eigenvalue weighted by atomic mass is 9.79. The summed E-state index contributed by atoms with van der Waals surface area (Å²) in [5, 5.41) is 22.5. The molecule has 7 nitrogen and oxygen atoms in total. The molecule has 0 aliphatic carbocycles. The molecule has 0 aromatic heterocycles. The van der Waals surface area contributed by atoms with Gasteiger partial charge in [0.25, 0.3) is 0 Å². The zero-order valence-electron chi connectivity index (χ0n) is 31.3. The summed E-state index contributed by atoms with van der Waals surface area (Å²) in [5.74, 6) is 1.69. The Balaban J connectivity index is 2.08. The summed E-state index contributed by atoms with van der Waals surface area (Å²) in [5.41, 5.74) is 1.92. The summed E-state index contributed by atoms with van der Waals surface area (Å²) < 4.78 is 14.6. The molecule has 0 fully saturated rings. The van der Waals surface area contributed by atoms with Crippen LogP contribution in [0.5, 0.6) is 23.0 Å². The van der Waals surface area contributed by atoms with Gasteiger partial charge in [-0.15, -0.1) is 4.99 Å². The molecule has 262 valence electrons. The number of aliphatic imine (C=N–C) groups is 2. The van der Waals surface area contributed by atoms with Crippen molar-refractivity contribution in [3.8, 4) is 23.0 Å². The van der Waals surface area contributed by atoms with Gasteiger partial charge in [0.2, 0.25) is 0 Å². The highest BCUT2D eigenvalue weighted by Crippen LogP contribution is 2.43. The van der Waals surface area contributed by atoms with Crippen LogP contribution in [0.25, 0.3) is 0 Å². The molecule has 0 saturated heterocycles. The van der Waals surface area contributed by atoms with Crippen LogP contribution in [0.2, 0.25) is 0 Å². The number of unbranched alkanes of at least 4 members (excludes halogenated alkanes) is 5. The van der Waals surface area contributed by atoms with Gasteiger partial charge in [-0.05, 0) is 58.8 Å². The van der Waals surface area contributed by atoms with Gasteiger partial charge in [-0.25, -0.2) is 9.30 Å². The molecule has 8 heteroatoms. The highest BCUT2D eigenvalue weighted by Gasteiger charge is 2.32. The number of benzene rings is 2. The number of phenols is 2. The van der Waals surface area contributed by atoms with Crippen molar-refractivity contribution in [3.05, 3.63) is 46.5 Å². The van der Waals surface area contributed by atoms with E-state index in [4.69, 9.17) is 32.3 Å². The predicted octanol–water partition coefficient (Wildman–Crippen LogP) is 10.7. The Morgan fingerprint density at radius 1 is 0.638 bits per heavy atom. The van der Waals surface area contributed by atoms with Gasteiger partial charge in [-0.1, -0.05) is 135 Å². The fourth-order valence-electron chi connectivity index (χ4n) is 5.72. The maximum Gasteiger partial charge on any atom is 0.324 e. The third kappa shape index (κ3) is 10.1. The molecule has 2 aromatic carbocycles. The van der Waals surface area contributed by atoms with Gasteiger partial charge in [0.15, 0.2) is 0 Å². The van der Waals surface area contributed by atoms with Gasteiger partial charge in [0, 0.05) is 22.3 Å². The molecule has 2 aromatic rings. The largest absolute Gasteiger partial charge is 0.507 e. The molecular formula is C39H61N3O4S. The van der Waals surface area contributed by atoms with Crippen LogP contribution < -0.4 is 9.47 Å². The summed E-state index contributed by atoms with van der Waals surface area (Å²) in [4.78, 5) is 9.62. The predicted molar refractivity (Wildman–Crippen MR) is 200 cm³/mol. The second kappa shape index (κ2) is 14.7. The number of amidine groups is 2. The fraction of sp³-hybridized carbons (Fsp3) is 0.641. The van der Waals surface area contributed by atoms with Crippen molar-refractivity contribution in [2.75, 3.05) is 0 Å². The highest BCUT2D eigenvalue weighted by atomic mass is 32.1. The minimum atomic E-state index is -0.352. The van der Waals surface area contributed by atoms with Gasteiger partial charge in [0.05, 0.1) is 0 Å². The van der Waals surface area contributed by atoms with Crippen LogP contribution in [-0.4, -0.2) is 32.7 Å². The molecule has 1 unspecified atom stereocenters. The minimum Gasteiger partial charge on any atom is -0.507 e. The van der Waals surface area contributed by atoms with Crippen LogP contribution in [0.15, 0.2) is 34.3 Å². The number of rotatable bonds is 9. The van der Waals surface area contributed by atoms with Crippen molar-refractivity contribution in [2.45, 2.75) is 163 Å². The third-order valence-electron chi connectivity index (χ3n) is 8.56. The lowest BCUT2D eigenvalue weighted by Gasteiger charge is -2.31. The van der Waals surface area contributed by atoms with Crippen LogP contribution in [0.1, 0.15) is 157 Å². The molecule has 1 heterocycles. The molecule has 0 spiro atoms. The average molecular weight is 668 g/mol. The molecular weight excluding hydrogens is 607 g/mol. The minimum absolute atomic E-state index is 0.178. The monoisotopic (exact) mass is 667 g/mol. The van der Waals surface area contributed by atoms with E-state index < -0.39 is 0 Å². The Kier molecular flexibility index (Phi) is 12.1. The first-order valence-electron chi connectivity index (χ1n) is 17.3. The van der Waals surface area contributed by atoms with E-state index in [-0.39, 0.29) is 51.4 Å². The summed E-state index contributed by atoms with van der Waals surface area (Å²) >= 11 is 4.85. The van der Waals surface area contributed by atoms with Crippen LogP contribution in [0, 0.1) is 0 Å². The third-order valence-corrected chi connectivity index (χ3v) is 9.00. The first kappa shape index (κ1) is 38.6. The van der Waals surface area contributed by atoms with E-state index >= 15 is 0 Å². The van der Waals surface area contributed by atoms with E-state index in [1.165, 1.54) is 25.7 Å². The molecule has 0 saturated carbocycles. The Morgan fingerprint density at radius 3 is 1.43 bits per heavy atom. The highest BCUT2D eigenvalue weighted by molar-refractivity contribution is 7.78. The molecule has 1 atom stereocenters. The number of hydrogen-bond donors (Lipinski definition) is 3. The zero-order chi connectivity index (χ0) is 35.5. The number of phenolic OH excluding ortho intramolecular Hbond substituents is 2. The zero-order valence-corrected chi connectivity index (χ0v) is 32.2. The van der Waals surface area contributed by atoms with E-state index in [9.17, 15) is 10.2 Å². The molecule has 0 amide bonds. The van der Waals surface area contributed by atoms with Crippen molar-refractivity contribution < 1.29 is 19.7 Å². The van der Waals surface area contributed by atoms with Crippen molar-refractivity contribution in [3.63, 3.8) is 0 Å². The Labute approximate surface area is 290 Å². The number of nitrogens with zero attached hydrogens (tertiary/aromatic N) is 3. The maximum absolute atomic E-state index is 11.3. The number of aromatic hydroxyl groups is 2. The average Bonchev–Trinajstić information content (AvgIpc) is 2.92. The van der Waals surface area contributed by atoms with Crippen molar-refractivity contribution in [2.24, 2.45) is 9.98 Å². The molecule has 3 rings (SSSR count). The van der Waals surface area contributed by atoms with E-state index in [1.807, 2.05) is 24.3 Å². The van der Waals surface area contributed by atoms with Crippen LogP contribution >= 0.6 is 12.8 Å². The number of thiol groups is 1. The second-order valence-corrected chi connectivity index (χ2v) is 17.6. The lowest BCUT2D eigenvalue weighted by molar-refractivity contribution is 0.354. The summed E-state index contributed by atoms with van der Waals surface area (Å²) in [6.07, 6.45) is 7.40. The van der Waals surface area contributed by atoms with E-state index in [2.05, 4.69) is 90.0 Å². The molecule has 0 bridgehead atoms. The van der Waals surface area contributed by atoms with Gasteiger partial charge >= 0.3 is 12.0 Å². The van der Waals surface area contributed by atoms with Crippen LogP contribution in [0.3, 0.4) is 0 Å². The summed E-state index contributed by atoms with van der Waals surface area (Å²) in [6.45, 7) is 27.1. The molecule has 0 radical (unpaired) electrons. The molecule has 1 aliphatic rings. The molecule has 47 heavy (non-hydrogen) atoms. The Morgan fingerprint density at radius 2 is 1.02 bits per heavy atom. The van der Waals surface area contributed by atoms with E-state index in [0.717, 1.165) is 41.5 Å². The Bertz CT molecular complexity index is 1380. The quantitative estimate of drug-likeness (QED) is 0.183. The molecule has 1 aliphatic heterocycles. The standard InChI is InChI=1S/C39H61N3O4S/c1-14-15-16-17-18-19-20-31-40-34(45-25-21-27(36(2,3)4)32(43)28(22-25)37(5,6)7)41-35(42(31)47)46-26-23-29(38(8,9)10)33(44)30(24-26)39(11,12)13/h21-24,31,43-44,47H,14-20H2,1-13H3. The first-order chi connectivity index (χ1) is 21.5. The molecule has 2 N–H and O–H groups in total. The maximum atomic E-state index is 11.3. The fourth-order valence-corrected chi connectivity index (χ4v) is 5.97. The van der Waals surface area contributed by atoms with Gasteiger partial charge in [-0.3, -0.25) is 0 Å². The van der Waals surface area contributed by atoms with Crippen molar-refractivity contribution in [1.82, 2.24) is 4.31 Å². The number of hydrogen-bond acceptors (Lipinski definition) is 8. The Hall–Kier alpha value is -2.87. The number of ether oxygens (including phenoxy) is 2. The van der Waals surface area contributed by atoms with Crippen molar-refractivity contribution >= 4 is 24.9 Å². The van der Waals surface area contributed by atoms with Gasteiger partial charge in [-0.2, -0.15) is 0 Å². The topological polar surface area (TPSA) is 86.9 Å². The van der Waals surface area contributed by atoms with Crippen LogP contribution in [-0.2, 0) is 21.7 Å². The van der Waals surface area contributed by atoms with E-state index in [0.29, 0.717) is 11.5 Å². The normalized spacial score (nSPS) is 16.2. The first-order valence-corrected chi connectivity index (χ1v) is 17.7. The van der Waals surface area contributed by atoms with E-state index in [1.54, 1.807) is 4.31 Å². The summed E-state index contributed by atoms with van der Waals surface area (Å²) in [7, 11) is 0. The SMILES string of the molecule is CCCCCCCCC1N=C(Oc2cc(C(C)(C)C)c(O)c(C(C)(C)C)c2)N=C(Oc2cc(C(C)(C)C)c(O)c(C(C)(C)C)c2)N1S.